The number of ether oxygens (including phenoxy) is 2. The van der Waals surface area contributed by atoms with Crippen LogP contribution < -0.4 is 0 Å². The van der Waals surface area contributed by atoms with Gasteiger partial charge in [0.2, 0.25) is 0 Å². The minimum atomic E-state index is -0.832. The molecule has 1 atom stereocenters. The van der Waals surface area contributed by atoms with Crippen molar-refractivity contribution in [3.05, 3.63) is 70.8 Å². The number of hydrogen-bond donors (Lipinski definition) is 1. The monoisotopic (exact) mass is 441 g/mol. The third kappa shape index (κ3) is 8.09. The van der Waals surface area contributed by atoms with Gasteiger partial charge < -0.3 is 14.6 Å². The van der Waals surface area contributed by atoms with E-state index >= 15 is 0 Å². The van der Waals surface area contributed by atoms with Crippen molar-refractivity contribution in [3.8, 4) is 0 Å². The third-order valence-corrected chi connectivity index (χ3v) is 4.74. The van der Waals surface area contributed by atoms with Crippen LogP contribution in [0.4, 0.5) is 0 Å². The van der Waals surface area contributed by atoms with Crippen LogP contribution in [0.5, 0.6) is 0 Å². The van der Waals surface area contributed by atoms with Gasteiger partial charge in [0.05, 0.1) is 30.4 Å². The van der Waals surface area contributed by atoms with Gasteiger partial charge in [0, 0.05) is 13.1 Å². The van der Waals surface area contributed by atoms with Gasteiger partial charge in [-0.1, -0.05) is 64.1 Å². The second kappa shape index (κ2) is 12.4. The molecule has 2 rings (SSSR count). The molecule has 2 aromatic rings. The number of esters is 2. The first-order valence-electron chi connectivity index (χ1n) is 11.1. The molecule has 0 aromatic heterocycles. The molecule has 0 amide bonds. The Morgan fingerprint density at radius 3 is 2.00 bits per heavy atom. The summed E-state index contributed by atoms with van der Waals surface area (Å²) in [5, 5.41) is 10.8. The molecule has 0 bridgehead atoms. The molecule has 0 aliphatic rings. The number of carbonyl (C=O) groups excluding carboxylic acids is 2. The first kappa shape index (κ1) is 25.6. The molecule has 0 radical (unpaired) electrons. The molecule has 0 heterocycles. The highest BCUT2D eigenvalue weighted by atomic mass is 16.5. The fourth-order valence-corrected chi connectivity index (χ4v) is 3.12. The maximum absolute atomic E-state index is 12.7. The van der Waals surface area contributed by atoms with Crippen LogP contribution in [0.3, 0.4) is 0 Å². The summed E-state index contributed by atoms with van der Waals surface area (Å²) in [6.45, 7) is 9.31. The summed E-state index contributed by atoms with van der Waals surface area (Å²) in [5.41, 5.74) is 1.94. The molecule has 0 aliphatic carbocycles. The minimum Gasteiger partial charge on any atom is -0.462 e. The fraction of sp³-hybridized carbons (Fsp3) is 0.462. The van der Waals surface area contributed by atoms with Gasteiger partial charge in [-0.05, 0) is 42.1 Å². The molecule has 2 aromatic carbocycles. The molecule has 0 saturated carbocycles. The number of hydrogen-bond acceptors (Lipinski definition) is 6. The summed E-state index contributed by atoms with van der Waals surface area (Å²) in [6.07, 6.45) is -0.832. The number of nitrogens with zero attached hydrogens (tertiary/aromatic N) is 1. The van der Waals surface area contributed by atoms with Crippen molar-refractivity contribution in [2.75, 3.05) is 26.8 Å². The zero-order valence-electron chi connectivity index (χ0n) is 19.7. The van der Waals surface area contributed by atoms with Crippen molar-refractivity contribution in [3.63, 3.8) is 0 Å². The topological polar surface area (TPSA) is 76.1 Å². The first-order chi connectivity index (χ1) is 15.2. The zero-order chi connectivity index (χ0) is 23.7. The standard InChI is InChI=1S/C26H35NO5/c1-18(2)16-31-25(29)22-12-11-21(13-23(22)26(30)32-17-19(3)4)24(28)15-27(5)14-20-9-7-6-8-10-20/h6-13,18-19,24,28H,14-17H2,1-5H3/t24-/m1/s1. The van der Waals surface area contributed by atoms with E-state index in [0.717, 1.165) is 5.56 Å². The second-order valence-electron chi connectivity index (χ2n) is 8.99. The van der Waals surface area contributed by atoms with Crippen molar-refractivity contribution in [1.29, 1.82) is 0 Å². The summed E-state index contributed by atoms with van der Waals surface area (Å²) in [7, 11) is 1.92. The summed E-state index contributed by atoms with van der Waals surface area (Å²) < 4.78 is 10.7. The summed E-state index contributed by atoms with van der Waals surface area (Å²) >= 11 is 0. The number of aliphatic hydroxyl groups excluding tert-OH is 1. The Morgan fingerprint density at radius 2 is 1.44 bits per heavy atom. The van der Waals surface area contributed by atoms with Crippen LogP contribution in [0, 0.1) is 11.8 Å². The Balaban J connectivity index is 2.20. The van der Waals surface area contributed by atoms with E-state index in [2.05, 4.69) is 0 Å². The van der Waals surface area contributed by atoms with E-state index in [-0.39, 0.29) is 36.2 Å². The van der Waals surface area contributed by atoms with E-state index < -0.39 is 18.0 Å². The first-order valence-corrected chi connectivity index (χ1v) is 11.1. The van der Waals surface area contributed by atoms with Crippen LogP contribution in [-0.4, -0.2) is 48.8 Å². The Kier molecular flexibility index (Phi) is 9.88. The van der Waals surface area contributed by atoms with E-state index in [1.165, 1.54) is 12.1 Å². The number of benzene rings is 2. The SMILES string of the molecule is CC(C)COC(=O)c1ccc([C@H](O)CN(C)Cc2ccccc2)cc1C(=O)OCC(C)C. The van der Waals surface area contributed by atoms with Gasteiger partial charge in [-0.3, -0.25) is 4.90 Å². The average Bonchev–Trinajstić information content (AvgIpc) is 2.75. The van der Waals surface area contributed by atoms with Crippen molar-refractivity contribution >= 4 is 11.9 Å². The molecule has 0 unspecified atom stereocenters. The molecule has 1 N–H and O–H groups in total. The Labute approximate surface area is 191 Å². The van der Waals surface area contributed by atoms with Crippen molar-refractivity contribution in [2.24, 2.45) is 11.8 Å². The number of aliphatic hydroxyl groups is 1. The molecule has 6 heteroatoms. The van der Waals surface area contributed by atoms with E-state index in [4.69, 9.17) is 9.47 Å². The van der Waals surface area contributed by atoms with Gasteiger partial charge >= 0.3 is 11.9 Å². The van der Waals surface area contributed by atoms with Gasteiger partial charge in [0.1, 0.15) is 0 Å². The molecule has 0 spiro atoms. The average molecular weight is 442 g/mol. The fourth-order valence-electron chi connectivity index (χ4n) is 3.12. The van der Waals surface area contributed by atoms with Gasteiger partial charge in [0.25, 0.3) is 0 Å². The highest BCUT2D eigenvalue weighted by molar-refractivity contribution is 6.03. The molecule has 0 aliphatic heterocycles. The van der Waals surface area contributed by atoms with Crippen molar-refractivity contribution in [1.82, 2.24) is 4.90 Å². The Bertz CT molecular complexity index is 879. The maximum atomic E-state index is 12.7. The smallest absolute Gasteiger partial charge is 0.339 e. The predicted molar refractivity (Wildman–Crippen MR) is 124 cm³/mol. The Hall–Kier alpha value is -2.70. The summed E-state index contributed by atoms with van der Waals surface area (Å²) in [4.78, 5) is 27.3. The molecule has 174 valence electrons. The largest absolute Gasteiger partial charge is 0.462 e. The third-order valence-electron chi connectivity index (χ3n) is 4.74. The quantitative estimate of drug-likeness (QED) is 0.518. The normalized spacial score (nSPS) is 12.3. The van der Waals surface area contributed by atoms with E-state index in [1.54, 1.807) is 6.07 Å². The van der Waals surface area contributed by atoms with Crippen LogP contribution in [0.25, 0.3) is 0 Å². The van der Waals surface area contributed by atoms with E-state index in [0.29, 0.717) is 18.7 Å². The minimum absolute atomic E-state index is 0.113. The molecular formula is C26H35NO5. The molecule has 0 fully saturated rings. The highest BCUT2D eigenvalue weighted by Gasteiger charge is 2.23. The number of likely N-dealkylation sites (N-methyl/N-ethyl adjacent to an activating group) is 1. The molecule has 32 heavy (non-hydrogen) atoms. The van der Waals surface area contributed by atoms with Gasteiger partial charge in [-0.2, -0.15) is 0 Å². The molecule has 0 saturated heterocycles. The van der Waals surface area contributed by atoms with E-state index in [9.17, 15) is 14.7 Å². The number of rotatable bonds is 11. The lowest BCUT2D eigenvalue weighted by molar-refractivity contribution is 0.0411. The van der Waals surface area contributed by atoms with E-state index in [1.807, 2.05) is 70.0 Å². The van der Waals surface area contributed by atoms with Crippen LogP contribution in [0.2, 0.25) is 0 Å². The van der Waals surface area contributed by atoms with Gasteiger partial charge in [-0.25, -0.2) is 9.59 Å². The predicted octanol–water partition coefficient (Wildman–Crippen LogP) is 4.48. The number of carbonyl (C=O) groups is 2. The van der Waals surface area contributed by atoms with Crippen molar-refractivity contribution < 1.29 is 24.2 Å². The van der Waals surface area contributed by atoms with Crippen LogP contribution in [0.1, 0.15) is 65.6 Å². The lowest BCUT2D eigenvalue weighted by Crippen LogP contribution is -2.25. The summed E-state index contributed by atoms with van der Waals surface area (Å²) in [6, 6.07) is 14.7. The molecular weight excluding hydrogens is 406 g/mol. The Morgan fingerprint density at radius 1 is 0.875 bits per heavy atom. The van der Waals surface area contributed by atoms with Crippen LogP contribution in [0.15, 0.2) is 48.5 Å². The highest BCUT2D eigenvalue weighted by Crippen LogP contribution is 2.22. The zero-order valence-corrected chi connectivity index (χ0v) is 19.7. The summed E-state index contributed by atoms with van der Waals surface area (Å²) in [5.74, 6) is -0.827. The van der Waals surface area contributed by atoms with Gasteiger partial charge in [0.15, 0.2) is 0 Å². The lowest BCUT2D eigenvalue weighted by Gasteiger charge is -2.22. The van der Waals surface area contributed by atoms with Gasteiger partial charge in [-0.15, -0.1) is 0 Å². The van der Waals surface area contributed by atoms with Crippen LogP contribution >= 0.6 is 0 Å². The van der Waals surface area contributed by atoms with Crippen LogP contribution in [-0.2, 0) is 16.0 Å². The van der Waals surface area contributed by atoms with Crippen molar-refractivity contribution in [2.45, 2.75) is 40.3 Å². The second-order valence-corrected chi connectivity index (χ2v) is 8.99. The lowest BCUT2D eigenvalue weighted by atomic mass is 10.00. The molecule has 6 nitrogen and oxygen atoms in total. The maximum Gasteiger partial charge on any atom is 0.339 e.